The zero-order valence-electron chi connectivity index (χ0n) is 20.3. The number of nitrogens with one attached hydrogen (secondary N) is 1. The van der Waals surface area contributed by atoms with Crippen molar-refractivity contribution in [2.45, 2.75) is 50.6 Å². The number of methoxy groups -OCH3 is 1. The standard InChI is InChI=1S/C28H33ClN4O2/c1-34-24-9-10-25-21(19-24)12-16-33(27-11-15-31-28(29)32-27)26(25)18-20-5-7-23(8-6-20)35-17-13-22-4-2-3-14-30-22/h5-11,15,19,22,26,30H,2-4,12-14,16-18H2,1H3. The fraction of sp³-hybridized carbons (Fsp3) is 0.429. The van der Waals surface area contributed by atoms with Gasteiger partial charge in [0.1, 0.15) is 17.3 Å². The van der Waals surface area contributed by atoms with Crippen LogP contribution in [0.1, 0.15) is 48.4 Å². The number of nitrogens with zero attached hydrogens (tertiary/aromatic N) is 3. The average molecular weight is 493 g/mol. The Bertz CT molecular complexity index is 1120. The van der Waals surface area contributed by atoms with Crippen LogP contribution in [-0.4, -0.2) is 42.8 Å². The Hall–Kier alpha value is -2.83. The summed E-state index contributed by atoms with van der Waals surface area (Å²) < 4.78 is 11.5. The van der Waals surface area contributed by atoms with Gasteiger partial charge in [-0.3, -0.25) is 0 Å². The molecule has 2 unspecified atom stereocenters. The molecule has 2 aliphatic rings. The second-order valence-corrected chi connectivity index (χ2v) is 9.68. The number of fused-ring (bicyclic) bond motifs is 1. The molecule has 1 N–H and O–H groups in total. The molecule has 0 amide bonds. The quantitative estimate of drug-likeness (QED) is 0.425. The van der Waals surface area contributed by atoms with E-state index in [9.17, 15) is 0 Å². The molecule has 2 aliphatic heterocycles. The number of piperidine rings is 1. The van der Waals surface area contributed by atoms with Gasteiger partial charge in [0, 0.05) is 18.8 Å². The SMILES string of the molecule is COc1ccc2c(c1)CCN(c1ccnc(Cl)n1)C2Cc1ccc(OCCC2CCCCN2)cc1. The Kier molecular flexibility index (Phi) is 7.69. The fourth-order valence-corrected chi connectivity index (χ4v) is 5.37. The highest BCUT2D eigenvalue weighted by molar-refractivity contribution is 6.28. The zero-order valence-corrected chi connectivity index (χ0v) is 21.0. The maximum atomic E-state index is 6.14. The van der Waals surface area contributed by atoms with E-state index in [0.29, 0.717) is 6.04 Å². The summed E-state index contributed by atoms with van der Waals surface area (Å²) in [5.74, 6) is 2.68. The van der Waals surface area contributed by atoms with Gasteiger partial charge >= 0.3 is 0 Å². The monoisotopic (exact) mass is 492 g/mol. The molecule has 1 aromatic heterocycles. The lowest BCUT2D eigenvalue weighted by Crippen LogP contribution is -2.37. The van der Waals surface area contributed by atoms with Gasteiger partial charge in [-0.15, -0.1) is 0 Å². The second-order valence-electron chi connectivity index (χ2n) is 9.34. The molecular formula is C28H33ClN4O2. The molecule has 1 saturated heterocycles. The Morgan fingerprint density at radius 3 is 2.71 bits per heavy atom. The molecule has 3 heterocycles. The highest BCUT2D eigenvalue weighted by Gasteiger charge is 2.29. The molecule has 5 rings (SSSR count). The van der Waals surface area contributed by atoms with Gasteiger partial charge in [-0.1, -0.05) is 24.6 Å². The van der Waals surface area contributed by atoms with Gasteiger partial charge in [-0.05, 0) is 97.3 Å². The Morgan fingerprint density at radius 1 is 1.09 bits per heavy atom. The topological polar surface area (TPSA) is 59.5 Å². The Morgan fingerprint density at radius 2 is 1.94 bits per heavy atom. The number of hydrogen-bond donors (Lipinski definition) is 1. The highest BCUT2D eigenvalue weighted by Crippen LogP contribution is 2.37. The van der Waals surface area contributed by atoms with E-state index in [1.54, 1.807) is 13.3 Å². The Labute approximate surface area is 212 Å². The van der Waals surface area contributed by atoms with E-state index < -0.39 is 0 Å². The largest absolute Gasteiger partial charge is 0.497 e. The molecule has 0 radical (unpaired) electrons. The predicted molar refractivity (Wildman–Crippen MR) is 140 cm³/mol. The third-order valence-corrected chi connectivity index (χ3v) is 7.30. The van der Waals surface area contributed by atoms with Crippen molar-refractivity contribution in [2.24, 2.45) is 0 Å². The minimum absolute atomic E-state index is 0.139. The summed E-state index contributed by atoms with van der Waals surface area (Å²) in [6.07, 6.45) is 8.42. The molecule has 0 spiro atoms. The molecule has 3 aromatic rings. The van der Waals surface area contributed by atoms with Crippen LogP contribution in [0.4, 0.5) is 5.82 Å². The first-order chi connectivity index (χ1) is 17.2. The van der Waals surface area contributed by atoms with Gasteiger partial charge < -0.3 is 19.7 Å². The van der Waals surface area contributed by atoms with E-state index in [2.05, 4.69) is 56.6 Å². The average Bonchev–Trinajstić information content (AvgIpc) is 2.90. The molecule has 2 aromatic carbocycles. The van der Waals surface area contributed by atoms with Crippen molar-refractivity contribution in [3.63, 3.8) is 0 Å². The third kappa shape index (κ3) is 5.88. The summed E-state index contributed by atoms with van der Waals surface area (Å²) in [6, 6.07) is 17.6. The normalized spacial score (nSPS) is 19.8. The van der Waals surface area contributed by atoms with Crippen molar-refractivity contribution in [1.82, 2.24) is 15.3 Å². The highest BCUT2D eigenvalue weighted by atomic mass is 35.5. The number of rotatable bonds is 8. The molecule has 0 saturated carbocycles. The van der Waals surface area contributed by atoms with E-state index in [-0.39, 0.29) is 11.3 Å². The summed E-state index contributed by atoms with van der Waals surface area (Å²) in [7, 11) is 1.71. The maximum Gasteiger partial charge on any atom is 0.224 e. The van der Waals surface area contributed by atoms with Crippen LogP contribution in [0.2, 0.25) is 5.28 Å². The van der Waals surface area contributed by atoms with Crippen LogP contribution >= 0.6 is 11.6 Å². The lowest BCUT2D eigenvalue weighted by molar-refractivity contribution is 0.268. The van der Waals surface area contributed by atoms with Gasteiger partial charge in [0.25, 0.3) is 0 Å². The summed E-state index contributed by atoms with van der Waals surface area (Å²) in [6.45, 7) is 2.74. The van der Waals surface area contributed by atoms with Crippen molar-refractivity contribution in [3.05, 3.63) is 76.7 Å². The second kappa shape index (κ2) is 11.3. The molecule has 7 heteroatoms. The molecule has 0 bridgehead atoms. The van der Waals surface area contributed by atoms with Gasteiger partial charge in [0.05, 0.1) is 19.8 Å². The van der Waals surface area contributed by atoms with E-state index in [4.69, 9.17) is 21.1 Å². The molecule has 2 atom stereocenters. The zero-order chi connectivity index (χ0) is 24.0. The van der Waals surface area contributed by atoms with Gasteiger partial charge in [0.2, 0.25) is 5.28 Å². The van der Waals surface area contributed by atoms with Crippen LogP contribution in [0, 0.1) is 0 Å². The number of anilines is 1. The third-order valence-electron chi connectivity index (χ3n) is 7.11. The maximum absolute atomic E-state index is 6.14. The van der Waals surface area contributed by atoms with Crippen LogP contribution in [0.3, 0.4) is 0 Å². The summed E-state index contributed by atoms with van der Waals surface area (Å²) in [4.78, 5) is 10.9. The number of hydrogen-bond acceptors (Lipinski definition) is 6. The van der Waals surface area contributed by atoms with Crippen LogP contribution in [-0.2, 0) is 12.8 Å². The van der Waals surface area contributed by atoms with Crippen molar-refractivity contribution < 1.29 is 9.47 Å². The van der Waals surface area contributed by atoms with Crippen molar-refractivity contribution in [1.29, 1.82) is 0 Å². The smallest absolute Gasteiger partial charge is 0.224 e. The number of ether oxygens (including phenoxy) is 2. The molecular weight excluding hydrogens is 460 g/mol. The van der Waals surface area contributed by atoms with Crippen LogP contribution in [0.25, 0.3) is 0 Å². The minimum Gasteiger partial charge on any atom is -0.497 e. The summed E-state index contributed by atoms with van der Waals surface area (Å²) in [5, 5.41) is 3.86. The first kappa shape index (κ1) is 23.9. The minimum atomic E-state index is 0.139. The van der Waals surface area contributed by atoms with Crippen molar-refractivity contribution >= 4 is 17.4 Å². The molecule has 6 nitrogen and oxygen atoms in total. The van der Waals surface area contributed by atoms with Gasteiger partial charge in [0.15, 0.2) is 0 Å². The fourth-order valence-electron chi connectivity index (χ4n) is 5.23. The lowest BCUT2D eigenvalue weighted by atomic mass is 9.88. The first-order valence-electron chi connectivity index (χ1n) is 12.6. The molecule has 1 fully saturated rings. The van der Waals surface area contributed by atoms with E-state index in [1.807, 2.05) is 12.1 Å². The predicted octanol–water partition coefficient (Wildman–Crippen LogP) is 5.40. The van der Waals surface area contributed by atoms with Crippen LogP contribution in [0.15, 0.2) is 54.7 Å². The van der Waals surface area contributed by atoms with Gasteiger partial charge in [-0.2, -0.15) is 0 Å². The molecule has 35 heavy (non-hydrogen) atoms. The molecule has 0 aliphatic carbocycles. The van der Waals surface area contributed by atoms with Crippen molar-refractivity contribution in [2.75, 3.05) is 31.7 Å². The number of aromatic nitrogens is 2. The van der Waals surface area contributed by atoms with E-state index in [1.165, 1.54) is 36.0 Å². The molecule has 184 valence electrons. The Balaban J connectivity index is 1.31. The van der Waals surface area contributed by atoms with E-state index >= 15 is 0 Å². The first-order valence-corrected chi connectivity index (χ1v) is 12.9. The van der Waals surface area contributed by atoms with Crippen LogP contribution in [0.5, 0.6) is 11.5 Å². The number of benzene rings is 2. The van der Waals surface area contributed by atoms with Crippen LogP contribution < -0.4 is 19.7 Å². The number of halogens is 1. The van der Waals surface area contributed by atoms with E-state index in [0.717, 1.165) is 56.3 Å². The summed E-state index contributed by atoms with van der Waals surface area (Å²) >= 11 is 6.14. The van der Waals surface area contributed by atoms with Crippen molar-refractivity contribution in [3.8, 4) is 11.5 Å². The lowest BCUT2D eigenvalue weighted by Gasteiger charge is -2.38. The summed E-state index contributed by atoms with van der Waals surface area (Å²) in [5.41, 5.74) is 3.87. The van der Waals surface area contributed by atoms with Gasteiger partial charge in [-0.25, -0.2) is 9.97 Å².